The van der Waals surface area contributed by atoms with E-state index in [0.29, 0.717) is 24.5 Å². The molecular weight excluding hydrogens is 477 g/mol. The van der Waals surface area contributed by atoms with Crippen LogP contribution in [0, 0.1) is 5.82 Å². The van der Waals surface area contributed by atoms with E-state index in [0.717, 1.165) is 33.3 Å². The van der Waals surface area contributed by atoms with Crippen molar-refractivity contribution in [3.8, 4) is 0 Å². The summed E-state index contributed by atoms with van der Waals surface area (Å²) in [5.74, 6) is -0.734. The Morgan fingerprint density at radius 2 is 1.83 bits per heavy atom. The highest BCUT2D eigenvalue weighted by Gasteiger charge is 2.56. The molecule has 1 N–H and O–H groups in total. The molecule has 7 heteroatoms. The van der Waals surface area contributed by atoms with Gasteiger partial charge < -0.3 is 14.8 Å². The van der Waals surface area contributed by atoms with Crippen molar-refractivity contribution in [1.82, 2.24) is 14.8 Å². The van der Waals surface area contributed by atoms with Crippen LogP contribution < -0.4 is 0 Å². The highest BCUT2D eigenvalue weighted by molar-refractivity contribution is 6.31. The molecule has 1 fully saturated rings. The Morgan fingerprint density at radius 1 is 1.06 bits per heavy atom. The lowest BCUT2D eigenvalue weighted by molar-refractivity contribution is -0.166. The van der Waals surface area contributed by atoms with Gasteiger partial charge >= 0.3 is 0 Å². The molecule has 0 aliphatic carbocycles. The van der Waals surface area contributed by atoms with Crippen molar-refractivity contribution in [2.45, 2.75) is 24.8 Å². The molecule has 0 spiro atoms. The van der Waals surface area contributed by atoms with Crippen molar-refractivity contribution >= 4 is 34.3 Å². The molecule has 5 nitrogen and oxygen atoms in total. The zero-order chi connectivity index (χ0) is 25.0. The Labute approximate surface area is 213 Å². The molecule has 182 valence electrons. The lowest BCUT2D eigenvalue weighted by atomic mass is 9.76. The molecule has 36 heavy (non-hydrogen) atoms. The zero-order valence-electron chi connectivity index (χ0n) is 19.8. The summed E-state index contributed by atoms with van der Waals surface area (Å²) in [7, 11) is 0. The average molecular weight is 502 g/mol. The van der Waals surface area contributed by atoms with Crippen LogP contribution in [-0.2, 0) is 21.5 Å². The van der Waals surface area contributed by atoms with E-state index in [1.807, 2.05) is 61.5 Å². The van der Waals surface area contributed by atoms with E-state index >= 15 is 0 Å². The number of H-pyrrole nitrogens is 1. The molecule has 1 saturated heterocycles. The fraction of sp³-hybridized carbons (Fsp3) is 0.241. The van der Waals surface area contributed by atoms with Crippen molar-refractivity contribution in [1.29, 1.82) is 0 Å². The first kappa shape index (κ1) is 22.8. The smallest absolute Gasteiger partial charge is 0.254 e. The molecule has 2 atom stereocenters. The van der Waals surface area contributed by atoms with Gasteiger partial charge in [-0.05, 0) is 54.3 Å². The number of aromatic nitrogens is 1. The van der Waals surface area contributed by atoms with Crippen molar-refractivity contribution in [2.24, 2.45) is 0 Å². The molecule has 2 aliphatic rings. The van der Waals surface area contributed by atoms with Crippen LogP contribution in [0.5, 0.6) is 0 Å². The Hall–Kier alpha value is -3.64. The minimum atomic E-state index is -1.18. The number of para-hydroxylation sites is 1. The minimum absolute atomic E-state index is 0.00541. The predicted octanol–water partition coefficient (Wildman–Crippen LogP) is 5.23. The van der Waals surface area contributed by atoms with E-state index in [1.54, 1.807) is 15.9 Å². The van der Waals surface area contributed by atoms with Gasteiger partial charge in [0.05, 0.1) is 12.2 Å². The lowest BCUT2D eigenvalue weighted by Gasteiger charge is -2.51. The molecule has 2 aliphatic heterocycles. The SMILES string of the molecule is CC12C(=O)N(CCc3cccc(F)c3)CC(=O)N1CC(c1ccccc1Cl)c1c2[nH]c2ccccc12. The molecule has 2 amide bonds. The summed E-state index contributed by atoms with van der Waals surface area (Å²) in [4.78, 5) is 34.5. The molecule has 6 rings (SSSR count). The Morgan fingerprint density at radius 3 is 2.64 bits per heavy atom. The third-order valence-corrected chi connectivity index (χ3v) is 8.00. The number of fused-ring (bicyclic) bond motifs is 5. The molecular formula is C29H25ClFN3O2. The highest BCUT2D eigenvalue weighted by Crippen LogP contribution is 2.49. The fourth-order valence-corrected chi connectivity index (χ4v) is 6.12. The van der Waals surface area contributed by atoms with Gasteiger partial charge in [0.2, 0.25) is 5.91 Å². The Balaban J connectivity index is 1.45. The van der Waals surface area contributed by atoms with Crippen LogP contribution in [0.2, 0.25) is 5.02 Å². The summed E-state index contributed by atoms with van der Waals surface area (Å²) in [5, 5.41) is 1.66. The topological polar surface area (TPSA) is 56.4 Å². The summed E-state index contributed by atoms with van der Waals surface area (Å²) < 4.78 is 13.7. The number of hydrogen-bond acceptors (Lipinski definition) is 2. The summed E-state index contributed by atoms with van der Waals surface area (Å²) in [6.45, 7) is 2.52. The quantitative estimate of drug-likeness (QED) is 0.416. The van der Waals surface area contributed by atoms with Crippen LogP contribution in [0.25, 0.3) is 10.9 Å². The maximum absolute atomic E-state index is 14.1. The molecule has 4 aromatic rings. The van der Waals surface area contributed by atoms with E-state index in [-0.39, 0.29) is 30.1 Å². The van der Waals surface area contributed by atoms with Crippen LogP contribution in [0.1, 0.15) is 35.2 Å². The van der Waals surface area contributed by atoms with Gasteiger partial charge in [-0.2, -0.15) is 0 Å². The second-order valence-electron chi connectivity index (χ2n) is 9.72. The molecule has 3 aromatic carbocycles. The van der Waals surface area contributed by atoms with Crippen LogP contribution >= 0.6 is 11.6 Å². The number of nitrogens with one attached hydrogen (secondary N) is 1. The molecule has 1 aromatic heterocycles. The van der Waals surface area contributed by atoms with Gasteiger partial charge in [0, 0.05) is 34.9 Å². The maximum Gasteiger partial charge on any atom is 0.254 e. The Bertz CT molecular complexity index is 1520. The largest absolute Gasteiger partial charge is 0.356 e. The van der Waals surface area contributed by atoms with Gasteiger partial charge in [0.25, 0.3) is 5.91 Å². The van der Waals surface area contributed by atoms with Gasteiger partial charge in [-0.1, -0.05) is 60.1 Å². The number of piperazine rings is 1. The number of amides is 2. The van der Waals surface area contributed by atoms with Gasteiger partial charge in [-0.25, -0.2) is 4.39 Å². The third-order valence-electron chi connectivity index (χ3n) is 7.66. The lowest BCUT2D eigenvalue weighted by Crippen LogP contribution is -2.67. The summed E-state index contributed by atoms with van der Waals surface area (Å²) in [5.41, 5.74) is 3.19. The van der Waals surface area contributed by atoms with Gasteiger partial charge in [0.15, 0.2) is 5.54 Å². The van der Waals surface area contributed by atoms with E-state index in [1.165, 1.54) is 12.1 Å². The van der Waals surface area contributed by atoms with E-state index in [4.69, 9.17) is 11.6 Å². The standard InChI is InChI=1S/C29H25ClFN3O2/c1-29-27-26(21-10-3-5-12-24(21)32-27)22(20-9-2-4-11-23(20)30)16-34(29)25(35)17-33(28(29)36)14-13-18-7-6-8-19(31)15-18/h2-12,15,22,32H,13-14,16-17H2,1H3. The minimum Gasteiger partial charge on any atom is -0.356 e. The van der Waals surface area contributed by atoms with Crippen molar-refractivity contribution in [2.75, 3.05) is 19.6 Å². The number of nitrogens with zero attached hydrogens (tertiary/aromatic N) is 2. The first-order valence-electron chi connectivity index (χ1n) is 12.1. The monoisotopic (exact) mass is 501 g/mol. The van der Waals surface area contributed by atoms with Crippen LogP contribution in [0.3, 0.4) is 0 Å². The van der Waals surface area contributed by atoms with E-state index in [9.17, 15) is 14.0 Å². The second-order valence-corrected chi connectivity index (χ2v) is 10.1. The summed E-state index contributed by atoms with van der Waals surface area (Å²) in [6.07, 6.45) is 0.467. The zero-order valence-corrected chi connectivity index (χ0v) is 20.6. The van der Waals surface area contributed by atoms with Crippen LogP contribution in [-0.4, -0.2) is 46.2 Å². The number of benzene rings is 3. The Kier molecular flexibility index (Phi) is 5.38. The normalized spacial score (nSPS) is 21.6. The summed E-state index contributed by atoms with van der Waals surface area (Å²) >= 11 is 6.64. The molecule has 0 radical (unpaired) electrons. The number of aromatic amines is 1. The molecule has 3 heterocycles. The van der Waals surface area contributed by atoms with Gasteiger partial charge in [-0.15, -0.1) is 0 Å². The number of halogens is 2. The third kappa shape index (κ3) is 3.43. The molecule has 0 saturated carbocycles. The first-order chi connectivity index (χ1) is 17.4. The van der Waals surface area contributed by atoms with Crippen molar-refractivity contribution in [3.63, 3.8) is 0 Å². The molecule has 0 bridgehead atoms. The maximum atomic E-state index is 14.1. The first-order valence-corrected chi connectivity index (χ1v) is 12.5. The molecule has 2 unspecified atom stereocenters. The number of rotatable bonds is 4. The summed E-state index contributed by atoms with van der Waals surface area (Å²) in [6, 6.07) is 22.0. The van der Waals surface area contributed by atoms with Crippen LogP contribution in [0.15, 0.2) is 72.8 Å². The van der Waals surface area contributed by atoms with E-state index < -0.39 is 5.54 Å². The van der Waals surface area contributed by atoms with Gasteiger partial charge in [0.1, 0.15) is 5.82 Å². The predicted molar refractivity (Wildman–Crippen MR) is 137 cm³/mol. The average Bonchev–Trinajstić information content (AvgIpc) is 3.27. The van der Waals surface area contributed by atoms with Gasteiger partial charge in [-0.3, -0.25) is 9.59 Å². The number of hydrogen-bond donors (Lipinski definition) is 1. The highest BCUT2D eigenvalue weighted by atomic mass is 35.5. The van der Waals surface area contributed by atoms with Crippen LogP contribution in [0.4, 0.5) is 4.39 Å². The van der Waals surface area contributed by atoms with Crippen molar-refractivity contribution in [3.05, 3.63) is 106 Å². The second kappa shape index (κ2) is 8.49. The number of carbonyl (C=O) groups is 2. The number of carbonyl (C=O) groups excluding carboxylic acids is 2. The van der Waals surface area contributed by atoms with Crippen molar-refractivity contribution < 1.29 is 14.0 Å². The fourth-order valence-electron chi connectivity index (χ4n) is 5.85. The van der Waals surface area contributed by atoms with E-state index in [2.05, 4.69) is 4.98 Å².